The van der Waals surface area contributed by atoms with Crippen LogP contribution in [0.5, 0.6) is 0 Å². The summed E-state index contributed by atoms with van der Waals surface area (Å²) in [4.78, 5) is 14.0. The molecule has 0 aromatic heterocycles. The third kappa shape index (κ3) is 3.76. The summed E-state index contributed by atoms with van der Waals surface area (Å²) in [6, 6.07) is 0.505. The molecule has 1 amide bonds. The van der Waals surface area contributed by atoms with Gasteiger partial charge in [-0.2, -0.15) is 0 Å². The first kappa shape index (κ1) is 13.5. The molecule has 1 atom stereocenters. The molecule has 0 aromatic rings. The minimum atomic E-state index is -0.0197. The van der Waals surface area contributed by atoms with Gasteiger partial charge in [0.1, 0.15) is 0 Å². The minimum absolute atomic E-state index is 0.0197. The molecule has 94 valence electrons. The lowest BCUT2D eigenvalue weighted by Crippen LogP contribution is -2.60. The van der Waals surface area contributed by atoms with Gasteiger partial charge in [0.2, 0.25) is 5.91 Å². The van der Waals surface area contributed by atoms with Crippen LogP contribution in [0.15, 0.2) is 0 Å². The van der Waals surface area contributed by atoms with Crippen molar-refractivity contribution in [2.24, 2.45) is 0 Å². The first-order valence-electron chi connectivity index (χ1n) is 6.37. The SMILES string of the molecule is CCCCCNC(=O)C(C)N(C)C1CNC1. The average Bonchev–Trinajstić information content (AvgIpc) is 2.20. The highest BCUT2D eigenvalue weighted by Crippen LogP contribution is 2.07. The Bertz CT molecular complexity index is 216. The summed E-state index contributed by atoms with van der Waals surface area (Å²) in [5.41, 5.74) is 0. The topological polar surface area (TPSA) is 44.4 Å². The van der Waals surface area contributed by atoms with Crippen LogP contribution in [0.1, 0.15) is 33.1 Å². The van der Waals surface area contributed by atoms with Gasteiger partial charge < -0.3 is 10.6 Å². The first-order valence-corrected chi connectivity index (χ1v) is 6.37. The van der Waals surface area contributed by atoms with Gasteiger partial charge in [0.25, 0.3) is 0 Å². The third-order valence-electron chi connectivity index (χ3n) is 3.41. The molecule has 0 aliphatic carbocycles. The monoisotopic (exact) mass is 227 g/mol. The predicted molar refractivity (Wildman–Crippen MR) is 66.4 cm³/mol. The maximum Gasteiger partial charge on any atom is 0.237 e. The number of likely N-dealkylation sites (N-methyl/N-ethyl adjacent to an activating group) is 1. The van der Waals surface area contributed by atoms with Gasteiger partial charge in [-0.25, -0.2) is 0 Å². The highest BCUT2D eigenvalue weighted by atomic mass is 16.2. The van der Waals surface area contributed by atoms with E-state index in [0.29, 0.717) is 6.04 Å². The van der Waals surface area contributed by atoms with E-state index in [9.17, 15) is 4.79 Å². The Hall–Kier alpha value is -0.610. The van der Waals surface area contributed by atoms with Crippen molar-refractivity contribution in [1.29, 1.82) is 0 Å². The normalized spacial score (nSPS) is 18.2. The molecule has 1 aliphatic heterocycles. The van der Waals surface area contributed by atoms with E-state index in [1.54, 1.807) is 0 Å². The average molecular weight is 227 g/mol. The summed E-state index contributed by atoms with van der Waals surface area (Å²) in [7, 11) is 2.03. The minimum Gasteiger partial charge on any atom is -0.355 e. The number of nitrogens with one attached hydrogen (secondary N) is 2. The number of carbonyl (C=O) groups excluding carboxylic acids is 1. The molecule has 1 heterocycles. The lowest BCUT2D eigenvalue weighted by atomic mass is 10.1. The second-order valence-corrected chi connectivity index (χ2v) is 4.65. The number of amides is 1. The molecule has 1 saturated heterocycles. The van der Waals surface area contributed by atoms with Crippen molar-refractivity contribution in [3.8, 4) is 0 Å². The zero-order chi connectivity index (χ0) is 12.0. The Labute approximate surface area is 98.8 Å². The molecular weight excluding hydrogens is 202 g/mol. The van der Waals surface area contributed by atoms with Gasteiger partial charge in [0.05, 0.1) is 6.04 Å². The van der Waals surface area contributed by atoms with E-state index in [1.807, 2.05) is 14.0 Å². The lowest BCUT2D eigenvalue weighted by Gasteiger charge is -2.38. The van der Waals surface area contributed by atoms with Crippen LogP contribution in [0, 0.1) is 0 Å². The summed E-state index contributed by atoms with van der Waals surface area (Å²) < 4.78 is 0. The van der Waals surface area contributed by atoms with Crippen LogP contribution in [0.4, 0.5) is 0 Å². The molecule has 1 rings (SSSR count). The molecule has 0 spiro atoms. The van der Waals surface area contributed by atoms with Crippen LogP contribution in [-0.4, -0.2) is 49.6 Å². The number of nitrogens with zero attached hydrogens (tertiary/aromatic N) is 1. The van der Waals surface area contributed by atoms with Crippen LogP contribution in [-0.2, 0) is 4.79 Å². The van der Waals surface area contributed by atoms with Gasteiger partial charge in [-0.3, -0.25) is 9.69 Å². The van der Waals surface area contributed by atoms with Gasteiger partial charge in [-0.1, -0.05) is 19.8 Å². The lowest BCUT2D eigenvalue weighted by molar-refractivity contribution is -0.126. The van der Waals surface area contributed by atoms with Crippen molar-refractivity contribution < 1.29 is 4.79 Å². The van der Waals surface area contributed by atoms with Crippen molar-refractivity contribution in [3.05, 3.63) is 0 Å². The fourth-order valence-electron chi connectivity index (χ4n) is 1.80. The van der Waals surface area contributed by atoms with Crippen LogP contribution >= 0.6 is 0 Å². The number of carbonyl (C=O) groups is 1. The van der Waals surface area contributed by atoms with Crippen LogP contribution in [0.25, 0.3) is 0 Å². The molecule has 4 heteroatoms. The summed E-state index contributed by atoms with van der Waals surface area (Å²) in [6.07, 6.45) is 3.47. The first-order chi connectivity index (χ1) is 7.66. The molecule has 1 fully saturated rings. The summed E-state index contributed by atoms with van der Waals surface area (Å²) >= 11 is 0. The maximum absolute atomic E-state index is 11.8. The fraction of sp³-hybridized carbons (Fsp3) is 0.917. The zero-order valence-corrected chi connectivity index (χ0v) is 10.8. The Kier molecular flexibility index (Phi) is 5.77. The second kappa shape index (κ2) is 6.86. The van der Waals surface area contributed by atoms with E-state index in [0.717, 1.165) is 26.1 Å². The summed E-state index contributed by atoms with van der Waals surface area (Å²) in [5, 5.41) is 6.22. The molecular formula is C12H25N3O. The maximum atomic E-state index is 11.8. The summed E-state index contributed by atoms with van der Waals surface area (Å²) in [6.45, 7) is 6.97. The van der Waals surface area contributed by atoms with Crippen molar-refractivity contribution >= 4 is 5.91 Å². The van der Waals surface area contributed by atoms with Crippen molar-refractivity contribution in [2.45, 2.75) is 45.2 Å². The molecule has 4 nitrogen and oxygen atoms in total. The second-order valence-electron chi connectivity index (χ2n) is 4.65. The Morgan fingerprint density at radius 2 is 2.19 bits per heavy atom. The molecule has 0 bridgehead atoms. The van der Waals surface area contributed by atoms with E-state index in [-0.39, 0.29) is 11.9 Å². The standard InChI is InChI=1S/C12H25N3O/c1-4-5-6-7-14-12(16)10(2)15(3)11-8-13-9-11/h10-11,13H,4-9H2,1-3H3,(H,14,16). The number of unbranched alkanes of at least 4 members (excludes halogenated alkanes) is 2. The molecule has 1 unspecified atom stereocenters. The van der Waals surface area contributed by atoms with Gasteiger partial charge in [-0.15, -0.1) is 0 Å². The summed E-state index contributed by atoms with van der Waals surface area (Å²) in [5.74, 6) is 0.158. The zero-order valence-electron chi connectivity index (χ0n) is 10.8. The van der Waals surface area contributed by atoms with E-state index >= 15 is 0 Å². The number of hydrogen-bond acceptors (Lipinski definition) is 3. The predicted octanol–water partition coefficient (Wildman–Crippen LogP) is 0.585. The molecule has 0 aromatic carbocycles. The van der Waals surface area contributed by atoms with Gasteiger partial charge in [-0.05, 0) is 20.4 Å². The Morgan fingerprint density at radius 3 is 2.69 bits per heavy atom. The fourth-order valence-corrected chi connectivity index (χ4v) is 1.80. The van der Waals surface area contributed by atoms with E-state index in [1.165, 1.54) is 12.8 Å². The molecule has 16 heavy (non-hydrogen) atoms. The largest absolute Gasteiger partial charge is 0.355 e. The van der Waals surface area contributed by atoms with Crippen molar-refractivity contribution in [3.63, 3.8) is 0 Å². The quantitative estimate of drug-likeness (QED) is 0.626. The van der Waals surface area contributed by atoms with Gasteiger partial charge >= 0.3 is 0 Å². The highest BCUT2D eigenvalue weighted by molar-refractivity contribution is 5.81. The van der Waals surface area contributed by atoms with Crippen LogP contribution in [0.2, 0.25) is 0 Å². The number of rotatable bonds is 7. The smallest absolute Gasteiger partial charge is 0.237 e. The number of hydrogen-bond donors (Lipinski definition) is 2. The Morgan fingerprint density at radius 1 is 1.50 bits per heavy atom. The molecule has 2 N–H and O–H groups in total. The van der Waals surface area contributed by atoms with E-state index in [4.69, 9.17) is 0 Å². The Balaban J connectivity index is 2.18. The van der Waals surface area contributed by atoms with Crippen molar-refractivity contribution in [1.82, 2.24) is 15.5 Å². The molecule has 0 saturated carbocycles. The molecule has 0 radical (unpaired) electrons. The highest BCUT2D eigenvalue weighted by Gasteiger charge is 2.28. The third-order valence-corrected chi connectivity index (χ3v) is 3.41. The van der Waals surface area contributed by atoms with Crippen LogP contribution in [0.3, 0.4) is 0 Å². The van der Waals surface area contributed by atoms with Crippen molar-refractivity contribution in [2.75, 3.05) is 26.7 Å². The molecule has 1 aliphatic rings. The van der Waals surface area contributed by atoms with Gasteiger partial charge in [0.15, 0.2) is 0 Å². The van der Waals surface area contributed by atoms with E-state index in [2.05, 4.69) is 22.5 Å². The van der Waals surface area contributed by atoms with Crippen LogP contribution < -0.4 is 10.6 Å². The van der Waals surface area contributed by atoms with Gasteiger partial charge in [0, 0.05) is 25.7 Å². The van der Waals surface area contributed by atoms with E-state index < -0.39 is 0 Å².